The van der Waals surface area contributed by atoms with Crippen molar-refractivity contribution >= 4 is 11.8 Å². The standard InChI is InChI=1S/C25H34N2O2/c1-5-6-15-26-25(29)21(4)27(16-14-22-10-8-7-9-11-22)24(28)18-23-13-12-19(2)20(3)17-23/h7-13,17,21H,5-6,14-16,18H2,1-4H3,(H,26,29)/t21-/m0/s1. The van der Waals surface area contributed by atoms with E-state index in [0.29, 0.717) is 19.5 Å². The Morgan fingerprint density at radius 1 is 1.00 bits per heavy atom. The van der Waals surface area contributed by atoms with Crippen molar-refractivity contribution < 1.29 is 9.59 Å². The molecule has 2 rings (SSSR count). The highest BCUT2D eigenvalue weighted by Gasteiger charge is 2.25. The van der Waals surface area contributed by atoms with E-state index in [9.17, 15) is 9.59 Å². The van der Waals surface area contributed by atoms with Crippen LogP contribution in [-0.2, 0) is 22.4 Å². The first-order chi connectivity index (χ1) is 13.9. The number of hydrogen-bond donors (Lipinski definition) is 1. The lowest BCUT2D eigenvalue weighted by atomic mass is 10.0. The van der Waals surface area contributed by atoms with Crippen molar-refractivity contribution in [3.63, 3.8) is 0 Å². The molecule has 156 valence electrons. The van der Waals surface area contributed by atoms with Gasteiger partial charge in [-0.25, -0.2) is 0 Å². The Kier molecular flexibility index (Phi) is 8.91. The van der Waals surface area contributed by atoms with E-state index in [0.717, 1.165) is 30.4 Å². The van der Waals surface area contributed by atoms with E-state index in [4.69, 9.17) is 0 Å². The third kappa shape index (κ3) is 7.04. The molecular weight excluding hydrogens is 360 g/mol. The maximum absolute atomic E-state index is 13.2. The van der Waals surface area contributed by atoms with E-state index in [-0.39, 0.29) is 11.8 Å². The lowest BCUT2D eigenvalue weighted by Gasteiger charge is -2.29. The van der Waals surface area contributed by atoms with Gasteiger partial charge in [0.1, 0.15) is 6.04 Å². The summed E-state index contributed by atoms with van der Waals surface area (Å²) in [5, 5.41) is 2.96. The van der Waals surface area contributed by atoms with Crippen molar-refractivity contribution in [2.75, 3.05) is 13.1 Å². The molecule has 0 aliphatic carbocycles. The molecule has 4 nitrogen and oxygen atoms in total. The molecule has 0 saturated heterocycles. The van der Waals surface area contributed by atoms with Crippen LogP contribution in [0.3, 0.4) is 0 Å². The largest absolute Gasteiger partial charge is 0.354 e. The van der Waals surface area contributed by atoms with Gasteiger partial charge in [-0.15, -0.1) is 0 Å². The summed E-state index contributed by atoms with van der Waals surface area (Å²) in [6, 6.07) is 15.7. The van der Waals surface area contributed by atoms with Crippen LogP contribution in [0.4, 0.5) is 0 Å². The minimum atomic E-state index is -0.491. The number of aryl methyl sites for hydroxylation is 2. The third-order valence-electron chi connectivity index (χ3n) is 5.41. The van der Waals surface area contributed by atoms with Crippen molar-refractivity contribution in [3.05, 3.63) is 70.8 Å². The van der Waals surface area contributed by atoms with Crippen LogP contribution >= 0.6 is 0 Å². The predicted molar refractivity (Wildman–Crippen MR) is 119 cm³/mol. The average Bonchev–Trinajstić information content (AvgIpc) is 2.71. The molecule has 0 bridgehead atoms. The highest BCUT2D eigenvalue weighted by Crippen LogP contribution is 2.13. The van der Waals surface area contributed by atoms with Gasteiger partial charge in [0.05, 0.1) is 6.42 Å². The summed E-state index contributed by atoms with van der Waals surface area (Å²) in [4.78, 5) is 27.5. The molecule has 0 radical (unpaired) electrons. The van der Waals surface area contributed by atoms with Gasteiger partial charge in [-0.2, -0.15) is 0 Å². The van der Waals surface area contributed by atoms with Crippen LogP contribution < -0.4 is 5.32 Å². The number of unbranched alkanes of at least 4 members (excludes halogenated alkanes) is 1. The van der Waals surface area contributed by atoms with Crippen LogP contribution in [0.15, 0.2) is 48.5 Å². The maximum Gasteiger partial charge on any atom is 0.242 e. The molecule has 0 saturated carbocycles. The number of nitrogens with zero attached hydrogens (tertiary/aromatic N) is 1. The third-order valence-corrected chi connectivity index (χ3v) is 5.41. The van der Waals surface area contributed by atoms with E-state index in [1.165, 1.54) is 11.1 Å². The van der Waals surface area contributed by atoms with Crippen LogP contribution in [0.25, 0.3) is 0 Å². The molecule has 0 heterocycles. The van der Waals surface area contributed by atoms with E-state index in [1.54, 1.807) is 4.90 Å². The molecule has 1 N–H and O–H groups in total. The molecule has 0 fully saturated rings. The molecule has 2 aromatic carbocycles. The zero-order valence-corrected chi connectivity index (χ0v) is 18.2. The molecule has 1 atom stereocenters. The van der Waals surface area contributed by atoms with Gasteiger partial charge in [-0.05, 0) is 55.9 Å². The zero-order chi connectivity index (χ0) is 21.2. The van der Waals surface area contributed by atoms with Gasteiger partial charge in [-0.3, -0.25) is 9.59 Å². The SMILES string of the molecule is CCCCNC(=O)[C@H](C)N(CCc1ccccc1)C(=O)Cc1ccc(C)c(C)c1. The summed E-state index contributed by atoms with van der Waals surface area (Å²) < 4.78 is 0. The Labute approximate surface area is 175 Å². The second-order valence-electron chi connectivity index (χ2n) is 7.74. The normalized spacial score (nSPS) is 11.7. The van der Waals surface area contributed by atoms with E-state index in [1.807, 2.05) is 37.3 Å². The first-order valence-corrected chi connectivity index (χ1v) is 10.6. The van der Waals surface area contributed by atoms with Crippen LogP contribution in [0.5, 0.6) is 0 Å². The molecule has 2 amide bonds. The van der Waals surface area contributed by atoms with Crippen LogP contribution in [0.1, 0.15) is 48.9 Å². The summed E-state index contributed by atoms with van der Waals surface area (Å²) in [7, 11) is 0. The van der Waals surface area contributed by atoms with Crippen LogP contribution in [0.2, 0.25) is 0 Å². The first-order valence-electron chi connectivity index (χ1n) is 10.6. The fourth-order valence-corrected chi connectivity index (χ4v) is 3.30. The minimum Gasteiger partial charge on any atom is -0.354 e. The molecular formula is C25H34N2O2. The molecule has 0 aliphatic heterocycles. The molecule has 0 aliphatic rings. The summed E-state index contributed by atoms with van der Waals surface area (Å²) >= 11 is 0. The van der Waals surface area contributed by atoms with Crippen molar-refractivity contribution in [2.24, 2.45) is 0 Å². The number of benzene rings is 2. The Morgan fingerprint density at radius 2 is 1.72 bits per heavy atom. The fraction of sp³-hybridized carbons (Fsp3) is 0.440. The van der Waals surface area contributed by atoms with E-state index < -0.39 is 6.04 Å². The Hall–Kier alpha value is -2.62. The second-order valence-corrected chi connectivity index (χ2v) is 7.74. The molecule has 0 spiro atoms. The van der Waals surface area contributed by atoms with Gasteiger partial charge in [0.2, 0.25) is 11.8 Å². The Balaban J connectivity index is 2.11. The molecule has 0 unspecified atom stereocenters. The van der Waals surface area contributed by atoms with Crippen molar-refractivity contribution in [1.82, 2.24) is 10.2 Å². The van der Waals surface area contributed by atoms with Crippen molar-refractivity contribution in [3.8, 4) is 0 Å². The number of hydrogen-bond acceptors (Lipinski definition) is 2. The number of nitrogens with one attached hydrogen (secondary N) is 1. The lowest BCUT2D eigenvalue weighted by molar-refractivity contribution is -0.139. The van der Waals surface area contributed by atoms with Gasteiger partial charge < -0.3 is 10.2 Å². The van der Waals surface area contributed by atoms with Gasteiger partial charge >= 0.3 is 0 Å². The van der Waals surface area contributed by atoms with E-state index >= 15 is 0 Å². The number of rotatable bonds is 10. The minimum absolute atomic E-state index is 0.0117. The summed E-state index contributed by atoms with van der Waals surface area (Å²) in [6.07, 6.45) is 3.01. The maximum atomic E-state index is 13.2. The van der Waals surface area contributed by atoms with Crippen LogP contribution in [-0.4, -0.2) is 35.8 Å². The van der Waals surface area contributed by atoms with Gasteiger partial charge in [0, 0.05) is 13.1 Å². The number of carbonyl (C=O) groups excluding carboxylic acids is 2. The van der Waals surface area contributed by atoms with Crippen LogP contribution in [0, 0.1) is 13.8 Å². The molecule has 4 heteroatoms. The number of carbonyl (C=O) groups is 2. The van der Waals surface area contributed by atoms with E-state index in [2.05, 4.69) is 44.3 Å². The lowest BCUT2D eigenvalue weighted by Crippen LogP contribution is -2.49. The first kappa shape index (κ1) is 22.7. The van der Waals surface area contributed by atoms with Crippen molar-refractivity contribution in [2.45, 2.75) is 59.4 Å². The second kappa shape index (κ2) is 11.4. The summed E-state index contributed by atoms with van der Waals surface area (Å²) in [5.41, 5.74) is 4.54. The van der Waals surface area contributed by atoms with Gasteiger partial charge in [0.25, 0.3) is 0 Å². The molecule has 29 heavy (non-hydrogen) atoms. The average molecular weight is 395 g/mol. The highest BCUT2D eigenvalue weighted by atomic mass is 16.2. The smallest absolute Gasteiger partial charge is 0.242 e. The zero-order valence-electron chi connectivity index (χ0n) is 18.2. The summed E-state index contributed by atoms with van der Waals surface area (Å²) in [6.45, 7) is 9.21. The Morgan fingerprint density at radius 3 is 2.38 bits per heavy atom. The quantitative estimate of drug-likeness (QED) is 0.613. The van der Waals surface area contributed by atoms with Crippen molar-refractivity contribution in [1.29, 1.82) is 0 Å². The monoisotopic (exact) mass is 394 g/mol. The van der Waals surface area contributed by atoms with Gasteiger partial charge in [-0.1, -0.05) is 61.9 Å². The fourth-order valence-electron chi connectivity index (χ4n) is 3.30. The molecule has 0 aromatic heterocycles. The predicted octanol–water partition coefficient (Wildman–Crippen LogP) is 4.22. The Bertz CT molecular complexity index is 802. The van der Waals surface area contributed by atoms with Gasteiger partial charge in [0.15, 0.2) is 0 Å². The highest BCUT2D eigenvalue weighted by molar-refractivity contribution is 5.88. The molecule has 2 aromatic rings. The number of amides is 2. The summed E-state index contributed by atoms with van der Waals surface area (Å²) in [5.74, 6) is -0.0951. The topological polar surface area (TPSA) is 49.4 Å².